The SMILES string of the molecule is COC(=O)CCCNC1CCC(CNc2nc(NCc3ccccc3O)ncc2N=O)CC1. The molecule has 0 amide bonds. The normalized spacial score (nSPS) is 17.8. The molecule has 4 N–H and O–H groups in total. The van der Waals surface area contributed by atoms with Crippen molar-refractivity contribution >= 4 is 23.4 Å². The molecule has 1 fully saturated rings. The number of aromatic hydroxyl groups is 1. The second-order valence-corrected chi connectivity index (χ2v) is 8.23. The molecule has 1 aliphatic carbocycles. The Morgan fingerprint density at radius 3 is 2.73 bits per heavy atom. The highest BCUT2D eigenvalue weighted by Gasteiger charge is 2.21. The van der Waals surface area contributed by atoms with Gasteiger partial charge in [-0.25, -0.2) is 4.98 Å². The third-order valence-corrected chi connectivity index (χ3v) is 5.92. The van der Waals surface area contributed by atoms with Crippen LogP contribution in [0.3, 0.4) is 0 Å². The van der Waals surface area contributed by atoms with Crippen molar-refractivity contribution in [2.45, 2.75) is 51.1 Å². The number of nitrogens with one attached hydrogen (secondary N) is 3. The molecule has 0 radical (unpaired) electrons. The van der Waals surface area contributed by atoms with Gasteiger partial charge in [-0.15, -0.1) is 4.91 Å². The molecule has 10 heteroatoms. The Balaban J connectivity index is 1.44. The largest absolute Gasteiger partial charge is 0.508 e. The highest BCUT2D eigenvalue weighted by Crippen LogP contribution is 2.27. The van der Waals surface area contributed by atoms with Crippen molar-refractivity contribution in [2.75, 3.05) is 30.8 Å². The number of nitroso groups, excluding NO2 is 1. The Morgan fingerprint density at radius 2 is 2.00 bits per heavy atom. The summed E-state index contributed by atoms with van der Waals surface area (Å²) in [6.07, 6.45) is 6.89. The number of carbonyl (C=O) groups is 1. The first-order chi connectivity index (χ1) is 16.1. The van der Waals surface area contributed by atoms with Crippen molar-refractivity contribution in [1.82, 2.24) is 15.3 Å². The van der Waals surface area contributed by atoms with Gasteiger partial charge >= 0.3 is 5.97 Å². The third-order valence-electron chi connectivity index (χ3n) is 5.92. The van der Waals surface area contributed by atoms with Gasteiger partial charge in [0.2, 0.25) is 5.95 Å². The van der Waals surface area contributed by atoms with E-state index in [0.717, 1.165) is 44.2 Å². The van der Waals surface area contributed by atoms with E-state index in [1.807, 2.05) is 12.1 Å². The number of hydrogen-bond acceptors (Lipinski definition) is 10. The van der Waals surface area contributed by atoms with Crippen LogP contribution in [0.15, 0.2) is 35.6 Å². The Hall–Kier alpha value is -3.27. The summed E-state index contributed by atoms with van der Waals surface area (Å²) in [5.74, 6) is 1.27. The number of nitrogens with zero attached hydrogens (tertiary/aromatic N) is 3. The summed E-state index contributed by atoms with van der Waals surface area (Å²) >= 11 is 0. The van der Waals surface area contributed by atoms with E-state index in [-0.39, 0.29) is 17.4 Å². The molecule has 178 valence electrons. The number of phenolic OH excluding ortho intramolecular Hbond substituents is 1. The summed E-state index contributed by atoms with van der Waals surface area (Å²) in [5.41, 5.74) is 0.896. The Morgan fingerprint density at radius 1 is 1.21 bits per heavy atom. The van der Waals surface area contributed by atoms with Crippen molar-refractivity contribution in [3.05, 3.63) is 40.9 Å². The molecule has 0 bridgehead atoms. The summed E-state index contributed by atoms with van der Waals surface area (Å²) in [6.45, 7) is 1.87. The molecule has 0 spiro atoms. The average molecular weight is 457 g/mol. The number of esters is 1. The van der Waals surface area contributed by atoms with Crippen molar-refractivity contribution in [2.24, 2.45) is 11.1 Å². The standard InChI is InChI=1S/C23H32N6O4/c1-33-21(31)7-4-12-24-18-10-8-16(9-11-18)13-25-22-19(29-32)15-27-23(28-22)26-14-17-5-2-3-6-20(17)30/h2-3,5-6,15-16,18,24,30H,4,7-14H2,1H3,(H2,25,26,27,28). The zero-order chi connectivity index (χ0) is 23.5. The zero-order valence-corrected chi connectivity index (χ0v) is 18.9. The van der Waals surface area contributed by atoms with Gasteiger partial charge in [0, 0.05) is 31.1 Å². The van der Waals surface area contributed by atoms with E-state index >= 15 is 0 Å². The maximum absolute atomic E-state index is 11.2. The van der Waals surface area contributed by atoms with Crippen molar-refractivity contribution < 1.29 is 14.6 Å². The Kier molecular flexibility index (Phi) is 9.37. The quantitative estimate of drug-likeness (QED) is 0.214. The molecule has 10 nitrogen and oxygen atoms in total. The van der Waals surface area contributed by atoms with E-state index in [4.69, 9.17) is 0 Å². The molecule has 0 unspecified atom stereocenters. The van der Waals surface area contributed by atoms with Gasteiger partial charge in [-0.1, -0.05) is 18.2 Å². The van der Waals surface area contributed by atoms with Crippen LogP contribution < -0.4 is 16.0 Å². The summed E-state index contributed by atoms with van der Waals surface area (Å²) in [4.78, 5) is 30.9. The van der Waals surface area contributed by atoms with Gasteiger partial charge < -0.3 is 25.8 Å². The van der Waals surface area contributed by atoms with E-state index < -0.39 is 0 Å². The van der Waals surface area contributed by atoms with Gasteiger partial charge in [-0.05, 0) is 55.8 Å². The molecule has 1 aromatic heterocycles. The van der Waals surface area contributed by atoms with Crippen LogP contribution in [0.2, 0.25) is 0 Å². The molecule has 33 heavy (non-hydrogen) atoms. The molecule has 1 heterocycles. The second-order valence-electron chi connectivity index (χ2n) is 8.23. The molecular weight excluding hydrogens is 424 g/mol. The van der Waals surface area contributed by atoms with Gasteiger partial charge in [0.15, 0.2) is 11.5 Å². The van der Waals surface area contributed by atoms with E-state index in [1.165, 1.54) is 13.3 Å². The number of methoxy groups -OCH3 is 1. The van der Waals surface area contributed by atoms with Crippen LogP contribution in [-0.2, 0) is 16.1 Å². The molecule has 1 saturated carbocycles. The molecule has 1 aliphatic rings. The van der Waals surface area contributed by atoms with Gasteiger partial charge in [0.25, 0.3) is 0 Å². The molecular formula is C23H32N6O4. The minimum absolute atomic E-state index is 0.169. The fourth-order valence-corrected chi connectivity index (χ4v) is 3.94. The number of aromatic nitrogens is 2. The van der Waals surface area contributed by atoms with Crippen LogP contribution in [0.1, 0.15) is 44.1 Å². The first kappa shape index (κ1) is 24.4. The topological polar surface area (TPSA) is 138 Å². The fourth-order valence-electron chi connectivity index (χ4n) is 3.94. The van der Waals surface area contributed by atoms with Crippen LogP contribution in [0.5, 0.6) is 5.75 Å². The van der Waals surface area contributed by atoms with Crippen LogP contribution in [0.25, 0.3) is 0 Å². The maximum atomic E-state index is 11.2. The minimum Gasteiger partial charge on any atom is -0.508 e. The number of rotatable bonds is 12. The van der Waals surface area contributed by atoms with Crippen LogP contribution in [0.4, 0.5) is 17.5 Å². The van der Waals surface area contributed by atoms with Gasteiger partial charge in [-0.2, -0.15) is 4.98 Å². The summed E-state index contributed by atoms with van der Waals surface area (Å²) in [7, 11) is 1.41. The van der Waals surface area contributed by atoms with E-state index in [0.29, 0.717) is 43.2 Å². The number of carbonyl (C=O) groups excluding carboxylic acids is 1. The predicted molar refractivity (Wildman–Crippen MR) is 126 cm³/mol. The van der Waals surface area contributed by atoms with E-state index in [1.54, 1.807) is 12.1 Å². The minimum atomic E-state index is -0.169. The van der Waals surface area contributed by atoms with Crippen molar-refractivity contribution in [3.8, 4) is 5.75 Å². The lowest BCUT2D eigenvalue weighted by Crippen LogP contribution is -2.35. The summed E-state index contributed by atoms with van der Waals surface area (Å²) in [6, 6.07) is 7.51. The van der Waals surface area contributed by atoms with Crippen LogP contribution in [-0.4, -0.2) is 47.3 Å². The fraction of sp³-hybridized carbons (Fsp3) is 0.522. The second kappa shape index (κ2) is 12.7. The molecule has 0 aliphatic heterocycles. The average Bonchev–Trinajstić information content (AvgIpc) is 2.85. The van der Waals surface area contributed by atoms with Crippen molar-refractivity contribution in [1.29, 1.82) is 0 Å². The summed E-state index contributed by atoms with van der Waals surface area (Å²) < 4.78 is 4.66. The lowest BCUT2D eigenvalue weighted by atomic mass is 9.86. The number of hydrogen-bond donors (Lipinski definition) is 4. The number of para-hydroxylation sites is 1. The Labute approximate surface area is 193 Å². The van der Waals surface area contributed by atoms with Gasteiger partial charge in [0.05, 0.1) is 13.3 Å². The molecule has 0 saturated heterocycles. The number of ether oxygens (including phenoxy) is 1. The first-order valence-electron chi connectivity index (χ1n) is 11.3. The monoisotopic (exact) mass is 456 g/mol. The molecule has 0 atom stereocenters. The number of anilines is 2. The molecule has 3 rings (SSSR count). The molecule has 1 aromatic carbocycles. The number of benzene rings is 1. The zero-order valence-electron chi connectivity index (χ0n) is 18.9. The first-order valence-corrected chi connectivity index (χ1v) is 11.3. The van der Waals surface area contributed by atoms with Gasteiger partial charge in [0.1, 0.15) is 5.75 Å². The predicted octanol–water partition coefficient (Wildman–Crippen LogP) is 3.71. The highest BCUT2D eigenvalue weighted by molar-refractivity contribution is 5.69. The van der Waals surface area contributed by atoms with E-state index in [9.17, 15) is 14.8 Å². The smallest absolute Gasteiger partial charge is 0.305 e. The van der Waals surface area contributed by atoms with Gasteiger partial charge in [-0.3, -0.25) is 4.79 Å². The number of phenols is 1. The van der Waals surface area contributed by atoms with Crippen molar-refractivity contribution in [3.63, 3.8) is 0 Å². The lowest BCUT2D eigenvalue weighted by molar-refractivity contribution is -0.140. The highest BCUT2D eigenvalue weighted by atomic mass is 16.5. The maximum Gasteiger partial charge on any atom is 0.305 e. The third kappa shape index (κ3) is 7.67. The Bertz CT molecular complexity index is 918. The van der Waals surface area contributed by atoms with E-state index in [2.05, 4.69) is 35.8 Å². The summed E-state index contributed by atoms with van der Waals surface area (Å²) in [5, 5.41) is 22.8. The van der Waals surface area contributed by atoms with Crippen LogP contribution in [0, 0.1) is 10.8 Å². The molecule has 2 aromatic rings. The van der Waals surface area contributed by atoms with Crippen LogP contribution >= 0.6 is 0 Å². The lowest BCUT2D eigenvalue weighted by Gasteiger charge is -2.29.